The number of ether oxygens (including phenoxy) is 1. The van der Waals surface area contributed by atoms with Crippen LogP contribution in [0.4, 0.5) is 14.5 Å². The zero-order chi connectivity index (χ0) is 30.0. The van der Waals surface area contributed by atoms with Gasteiger partial charge < -0.3 is 15.8 Å². The third-order valence-corrected chi connectivity index (χ3v) is 7.60. The van der Waals surface area contributed by atoms with Crippen molar-refractivity contribution in [3.8, 4) is 5.69 Å². The summed E-state index contributed by atoms with van der Waals surface area (Å²) in [5.74, 6) is -3.57. The molecule has 11 nitrogen and oxygen atoms in total. The van der Waals surface area contributed by atoms with Crippen LogP contribution in [0.5, 0.6) is 0 Å². The Labute approximate surface area is 239 Å². The average Bonchev–Trinajstić information content (AvgIpc) is 2.99. The van der Waals surface area contributed by atoms with E-state index < -0.39 is 46.4 Å². The number of aliphatic imine (C=N–C) groups is 1. The zero-order valence-corrected chi connectivity index (χ0v) is 23.1. The van der Waals surface area contributed by atoms with Crippen molar-refractivity contribution < 1.29 is 28.8 Å². The number of hydrogen-bond acceptors (Lipinski definition) is 7. The molecule has 0 spiro atoms. The molecule has 42 heavy (non-hydrogen) atoms. The zero-order valence-electron chi connectivity index (χ0n) is 23.1. The first kappa shape index (κ1) is 29.0. The molecule has 2 aromatic heterocycles. The van der Waals surface area contributed by atoms with Gasteiger partial charge in [-0.2, -0.15) is 0 Å². The minimum absolute atomic E-state index is 0.136. The van der Waals surface area contributed by atoms with Crippen molar-refractivity contribution in [3.63, 3.8) is 0 Å². The van der Waals surface area contributed by atoms with Gasteiger partial charge in [-0.25, -0.2) is 22.9 Å². The van der Waals surface area contributed by atoms with E-state index >= 15 is 0 Å². The molecule has 3 aromatic rings. The molecule has 1 aromatic carbocycles. The second kappa shape index (κ2) is 12.1. The largest absolute Gasteiger partial charge is 0.461 e. The van der Waals surface area contributed by atoms with Gasteiger partial charge in [0.05, 0.1) is 23.1 Å². The van der Waals surface area contributed by atoms with Gasteiger partial charge in [-0.05, 0) is 50.3 Å². The van der Waals surface area contributed by atoms with Crippen molar-refractivity contribution in [2.24, 2.45) is 12.0 Å². The van der Waals surface area contributed by atoms with E-state index in [1.807, 2.05) is 0 Å². The summed E-state index contributed by atoms with van der Waals surface area (Å²) in [5.41, 5.74) is 3.07. The fourth-order valence-corrected chi connectivity index (χ4v) is 5.24. The van der Waals surface area contributed by atoms with E-state index in [1.54, 1.807) is 7.05 Å². The number of pyridine rings is 1. The number of carbonyl (C=O) groups is 2. The second-order valence-electron chi connectivity index (χ2n) is 10.5. The van der Waals surface area contributed by atoms with Crippen molar-refractivity contribution in [1.82, 2.24) is 19.4 Å². The highest BCUT2D eigenvalue weighted by atomic mass is 19.1. The first-order valence-corrected chi connectivity index (χ1v) is 13.8. The summed E-state index contributed by atoms with van der Waals surface area (Å²) in [5, 5.41) is 2.46. The molecule has 0 bridgehead atoms. The Morgan fingerprint density at radius 3 is 2.62 bits per heavy atom. The maximum atomic E-state index is 14.5. The number of benzene rings is 1. The predicted molar refractivity (Wildman–Crippen MR) is 148 cm³/mol. The number of esters is 1. The van der Waals surface area contributed by atoms with Crippen molar-refractivity contribution in [3.05, 3.63) is 85.4 Å². The maximum Gasteiger partial charge on any atom is 0.335 e. The van der Waals surface area contributed by atoms with E-state index in [-0.39, 0.29) is 23.9 Å². The van der Waals surface area contributed by atoms with Gasteiger partial charge in [-0.15, -0.1) is 0 Å². The number of rotatable bonds is 7. The SMILES string of the molecule is Cn1c2c(c(=O)n(-c3ccc(CC(NC(=O)c4cc(F)c([NH3+])cc4F)C(=O)OC4CCCCC4)nc3)c1=O)CCN=C2. The summed E-state index contributed by atoms with van der Waals surface area (Å²) < 4.78 is 36.6. The highest BCUT2D eigenvalue weighted by molar-refractivity contribution is 5.97. The Morgan fingerprint density at radius 1 is 1.14 bits per heavy atom. The maximum absolute atomic E-state index is 14.5. The molecule has 13 heteroatoms. The van der Waals surface area contributed by atoms with E-state index in [9.17, 15) is 28.0 Å². The summed E-state index contributed by atoms with van der Waals surface area (Å²) >= 11 is 0. The number of amides is 1. The molecule has 1 saturated carbocycles. The third-order valence-electron chi connectivity index (χ3n) is 7.60. The molecule has 1 fully saturated rings. The number of carbonyl (C=O) groups excluding carboxylic acids is 2. The molecule has 1 atom stereocenters. The number of hydrogen-bond donors (Lipinski definition) is 2. The van der Waals surface area contributed by atoms with Crippen molar-refractivity contribution in [2.75, 3.05) is 6.54 Å². The predicted octanol–water partition coefficient (Wildman–Crippen LogP) is 1.27. The van der Waals surface area contributed by atoms with Crippen LogP contribution in [0.2, 0.25) is 0 Å². The highest BCUT2D eigenvalue weighted by Gasteiger charge is 2.29. The molecule has 2 aliphatic rings. The highest BCUT2D eigenvalue weighted by Crippen LogP contribution is 2.22. The smallest absolute Gasteiger partial charge is 0.335 e. The lowest BCUT2D eigenvalue weighted by Gasteiger charge is -2.25. The van der Waals surface area contributed by atoms with E-state index in [2.05, 4.69) is 21.0 Å². The van der Waals surface area contributed by atoms with Crippen LogP contribution in [0.15, 0.2) is 45.0 Å². The molecule has 1 amide bonds. The van der Waals surface area contributed by atoms with Crippen LogP contribution in [0.25, 0.3) is 5.69 Å². The Balaban J connectivity index is 1.41. The van der Waals surface area contributed by atoms with Gasteiger partial charge in [0.1, 0.15) is 18.0 Å². The molecule has 0 radical (unpaired) electrons. The van der Waals surface area contributed by atoms with Crippen molar-refractivity contribution in [2.45, 2.75) is 57.1 Å². The summed E-state index contributed by atoms with van der Waals surface area (Å²) in [6, 6.07) is 3.30. The summed E-state index contributed by atoms with van der Waals surface area (Å²) in [4.78, 5) is 60.8. The van der Waals surface area contributed by atoms with E-state index in [1.165, 1.54) is 29.1 Å². The number of nitrogens with one attached hydrogen (secondary N) is 1. The van der Waals surface area contributed by atoms with E-state index in [4.69, 9.17) is 4.74 Å². The molecule has 4 N–H and O–H groups in total. The Morgan fingerprint density at radius 2 is 1.90 bits per heavy atom. The average molecular weight is 582 g/mol. The molecule has 5 rings (SSSR count). The standard InChI is InChI=1S/C29H30F2N6O5/c1-36-25-15-33-10-9-19(25)27(39)37(29(36)41)17-8-7-16(34-14-17)11-24(28(40)42-18-5-3-2-4-6-18)35-26(38)20-12-22(31)23(32)13-21(20)30/h7-8,12-15,18,24H,2-6,9-11,32H2,1H3,(H,35,38)/p+1. The first-order chi connectivity index (χ1) is 20.1. The van der Waals surface area contributed by atoms with Crippen LogP contribution in [-0.4, -0.2) is 50.9 Å². The number of aromatic nitrogens is 3. The Kier molecular flexibility index (Phi) is 8.39. The van der Waals surface area contributed by atoms with Crippen molar-refractivity contribution in [1.29, 1.82) is 0 Å². The first-order valence-electron chi connectivity index (χ1n) is 13.8. The number of halogens is 2. The van der Waals surface area contributed by atoms with E-state index in [0.29, 0.717) is 42.8 Å². The summed E-state index contributed by atoms with van der Waals surface area (Å²) in [7, 11) is 1.56. The minimum Gasteiger partial charge on any atom is -0.461 e. The van der Waals surface area contributed by atoms with Crippen molar-refractivity contribution >= 4 is 23.8 Å². The normalized spacial score (nSPS) is 15.6. The molecular weight excluding hydrogens is 550 g/mol. The van der Waals surface area contributed by atoms with Gasteiger partial charge in [-0.3, -0.25) is 24.1 Å². The lowest BCUT2D eigenvalue weighted by molar-refractivity contribution is -0.258. The molecular formula is C29H31F2N6O5+. The fourth-order valence-electron chi connectivity index (χ4n) is 5.24. The lowest BCUT2D eigenvalue weighted by Crippen LogP contribution is -2.45. The molecule has 1 aliphatic carbocycles. The van der Waals surface area contributed by atoms with Crippen LogP contribution in [0.3, 0.4) is 0 Å². The monoisotopic (exact) mass is 581 g/mol. The topological polar surface area (TPSA) is 152 Å². The minimum atomic E-state index is -1.27. The number of nitrogens with zero attached hydrogens (tertiary/aromatic N) is 4. The molecule has 1 unspecified atom stereocenters. The van der Waals surface area contributed by atoms with E-state index in [0.717, 1.165) is 36.0 Å². The van der Waals surface area contributed by atoms with Gasteiger partial charge in [0.15, 0.2) is 11.5 Å². The van der Waals surface area contributed by atoms with Gasteiger partial charge in [0.25, 0.3) is 11.5 Å². The summed E-state index contributed by atoms with van der Waals surface area (Å²) in [6.07, 6.45) is 7.05. The molecule has 3 heterocycles. The Bertz CT molecular complexity index is 1680. The van der Waals surface area contributed by atoms with Gasteiger partial charge in [0, 0.05) is 43.6 Å². The van der Waals surface area contributed by atoms with Crippen LogP contribution >= 0.6 is 0 Å². The fraction of sp³-hybridized carbons (Fsp3) is 0.379. The van der Waals surface area contributed by atoms with Crippen LogP contribution in [0.1, 0.15) is 59.4 Å². The van der Waals surface area contributed by atoms with Gasteiger partial charge >= 0.3 is 11.7 Å². The van der Waals surface area contributed by atoms with Gasteiger partial charge in [-0.1, -0.05) is 6.42 Å². The van der Waals surface area contributed by atoms with Crippen LogP contribution in [0, 0.1) is 11.6 Å². The number of fused-ring (bicyclic) bond motifs is 1. The third kappa shape index (κ3) is 5.91. The van der Waals surface area contributed by atoms with Crippen LogP contribution < -0.4 is 22.3 Å². The molecule has 1 aliphatic heterocycles. The summed E-state index contributed by atoms with van der Waals surface area (Å²) in [6.45, 7) is 0.442. The lowest BCUT2D eigenvalue weighted by atomic mass is 9.97. The second-order valence-corrected chi connectivity index (χ2v) is 10.5. The van der Waals surface area contributed by atoms with Gasteiger partial charge in [0.2, 0.25) is 0 Å². The molecule has 0 saturated heterocycles. The quantitative estimate of drug-likeness (QED) is 0.401. The number of quaternary nitrogens is 1. The Hall–Kier alpha value is -4.52. The molecule has 220 valence electrons. The van der Waals surface area contributed by atoms with Crippen LogP contribution in [-0.2, 0) is 29.4 Å².